The summed E-state index contributed by atoms with van der Waals surface area (Å²) in [4.78, 5) is 14.2. The number of nitrogens with zero attached hydrogens (tertiary/aromatic N) is 2. The molecule has 1 N–H and O–H groups in total. The summed E-state index contributed by atoms with van der Waals surface area (Å²) < 4.78 is 26.0. The Kier molecular flexibility index (Phi) is 6.71. The lowest BCUT2D eigenvalue weighted by atomic mass is 10.1. The molecule has 25 heavy (non-hydrogen) atoms. The van der Waals surface area contributed by atoms with E-state index in [0.717, 1.165) is 33.3 Å². The minimum Gasteiger partial charge on any atom is -0.351 e. The van der Waals surface area contributed by atoms with Crippen molar-refractivity contribution >= 4 is 27.3 Å². The van der Waals surface area contributed by atoms with Gasteiger partial charge in [0.05, 0.1) is 6.54 Å². The van der Waals surface area contributed by atoms with Crippen LogP contribution in [0.25, 0.3) is 0 Å². The molecule has 0 fully saturated rings. The molecule has 1 heterocycles. The highest BCUT2D eigenvalue weighted by atomic mass is 32.2. The van der Waals surface area contributed by atoms with Gasteiger partial charge in [-0.05, 0) is 36.7 Å². The number of hydrogen-bond acceptors (Lipinski definition) is 5. The van der Waals surface area contributed by atoms with Gasteiger partial charge < -0.3 is 10.2 Å². The number of hydrogen-bond donors (Lipinski definition) is 1. The first-order valence-corrected chi connectivity index (χ1v) is 10.1. The van der Waals surface area contributed by atoms with Crippen molar-refractivity contribution < 1.29 is 13.2 Å². The maximum absolute atomic E-state index is 12.3. The van der Waals surface area contributed by atoms with Crippen LogP contribution in [0, 0.1) is 0 Å². The van der Waals surface area contributed by atoms with E-state index in [4.69, 9.17) is 0 Å². The van der Waals surface area contributed by atoms with Gasteiger partial charge in [0.1, 0.15) is 4.21 Å². The molecule has 0 unspecified atom stereocenters. The Morgan fingerprint density at radius 1 is 1.08 bits per heavy atom. The Morgan fingerprint density at radius 3 is 2.36 bits per heavy atom. The van der Waals surface area contributed by atoms with E-state index in [2.05, 4.69) is 10.2 Å². The van der Waals surface area contributed by atoms with Crippen molar-refractivity contribution in [2.24, 2.45) is 0 Å². The second-order valence-electron chi connectivity index (χ2n) is 5.98. The first-order chi connectivity index (χ1) is 11.8. The van der Waals surface area contributed by atoms with Gasteiger partial charge in [0.2, 0.25) is 5.91 Å². The highest BCUT2D eigenvalue weighted by molar-refractivity contribution is 7.91. The molecule has 0 bridgehead atoms. The van der Waals surface area contributed by atoms with Crippen LogP contribution in [0.4, 0.5) is 0 Å². The molecule has 1 amide bonds. The SMILES string of the molecule is CN(C)Cc1ccccc1CNC(=O)CN(C)S(=O)(=O)c1cccs1. The predicted molar refractivity (Wildman–Crippen MR) is 99.8 cm³/mol. The van der Waals surface area contributed by atoms with Crippen LogP contribution in [0.5, 0.6) is 0 Å². The van der Waals surface area contributed by atoms with E-state index < -0.39 is 10.0 Å². The molecule has 0 aliphatic heterocycles. The maximum atomic E-state index is 12.3. The van der Waals surface area contributed by atoms with Crippen molar-refractivity contribution in [3.05, 3.63) is 52.9 Å². The van der Waals surface area contributed by atoms with Crippen LogP contribution < -0.4 is 5.32 Å². The molecule has 0 saturated carbocycles. The Labute approximate surface area is 153 Å². The van der Waals surface area contributed by atoms with Crippen LogP contribution in [0.15, 0.2) is 46.0 Å². The Bertz CT molecular complexity index is 802. The fraction of sp³-hybridized carbons (Fsp3) is 0.353. The van der Waals surface area contributed by atoms with Crippen LogP contribution in [0.1, 0.15) is 11.1 Å². The summed E-state index contributed by atoms with van der Waals surface area (Å²) in [5.41, 5.74) is 2.15. The zero-order valence-corrected chi connectivity index (χ0v) is 16.2. The number of nitrogens with one attached hydrogen (secondary N) is 1. The quantitative estimate of drug-likeness (QED) is 0.756. The predicted octanol–water partition coefficient (Wildman–Crippen LogP) is 1.75. The third kappa shape index (κ3) is 5.37. The monoisotopic (exact) mass is 381 g/mol. The standard InChI is InChI=1S/C17H23N3O3S2/c1-19(2)12-15-8-5-4-7-14(15)11-18-16(21)13-20(3)25(22,23)17-9-6-10-24-17/h4-10H,11-13H2,1-3H3,(H,18,21). The highest BCUT2D eigenvalue weighted by Crippen LogP contribution is 2.19. The number of thiophene rings is 1. The van der Waals surface area contributed by atoms with E-state index >= 15 is 0 Å². The number of carbonyl (C=O) groups excluding carboxylic acids is 1. The van der Waals surface area contributed by atoms with Crippen LogP contribution in [-0.2, 0) is 27.9 Å². The average molecular weight is 382 g/mol. The van der Waals surface area contributed by atoms with Crippen molar-refractivity contribution in [3.8, 4) is 0 Å². The summed E-state index contributed by atoms with van der Waals surface area (Å²) in [6.07, 6.45) is 0. The number of rotatable bonds is 8. The number of likely N-dealkylation sites (N-methyl/N-ethyl adjacent to an activating group) is 1. The van der Waals surface area contributed by atoms with Gasteiger partial charge in [-0.15, -0.1) is 11.3 Å². The van der Waals surface area contributed by atoms with E-state index in [1.807, 2.05) is 38.4 Å². The van der Waals surface area contributed by atoms with Gasteiger partial charge in [0, 0.05) is 20.1 Å². The lowest BCUT2D eigenvalue weighted by Crippen LogP contribution is -2.38. The Morgan fingerprint density at radius 2 is 1.76 bits per heavy atom. The lowest BCUT2D eigenvalue weighted by Gasteiger charge is -2.17. The molecule has 8 heteroatoms. The van der Waals surface area contributed by atoms with E-state index in [1.54, 1.807) is 11.4 Å². The molecule has 2 aromatic rings. The second kappa shape index (κ2) is 8.57. The minimum atomic E-state index is -3.61. The molecule has 0 aliphatic carbocycles. The van der Waals surface area contributed by atoms with E-state index in [9.17, 15) is 13.2 Å². The minimum absolute atomic E-state index is 0.212. The Balaban J connectivity index is 1.95. The highest BCUT2D eigenvalue weighted by Gasteiger charge is 2.23. The fourth-order valence-corrected chi connectivity index (χ4v) is 4.65. The smallest absolute Gasteiger partial charge is 0.252 e. The largest absolute Gasteiger partial charge is 0.351 e. The molecule has 0 radical (unpaired) electrons. The molecular weight excluding hydrogens is 358 g/mol. The van der Waals surface area contributed by atoms with Crippen LogP contribution in [-0.4, -0.2) is 51.2 Å². The number of sulfonamides is 1. The number of carbonyl (C=O) groups is 1. The van der Waals surface area contributed by atoms with Gasteiger partial charge in [0.25, 0.3) is 10.0 Å². The molecule has 2 rings (SSSR count). The number of benzene rings is 1. The zero-order valence-electron chi connectivity index (χ0n) is 14.6. The maximum Gasteiger partial charge on any atom is 0.252 e. The van der Waals surface area contributed by atoms with E-state index in [-0.39, 0.29) is 16.7 Å². The fourth-order valence-electron chi connectivity index (χ4n) is 2.33. The van der Waals surface area contributed by atoms with Crippen molar-refractivity contribution in [2.45, 2.75) is 17.3 Å². The van der Waals surface area contributed by atoms with Gasteiger partial charge in [-0.2, -0.15) is 4.31 Å². The summed E-state index contributed by atoms with van der Waals surface area (Å²) in [5, 5.41) is 4.50. The summed E-state index contributed by atoms with van der Waals surface area (Å²) in [6, 6.07) is 11.1. The van der Waals surface area contributed by atoms with Crippen LogP contribution in [0.2, 0.25) is 0 Å². The molecule has 0 aliphatic rings. The molecule has 0 spiro atoms. The molecule has 1 aromatic heterocycles. The molecule has 136 valence electrons. The molecule has 6 nitrogen and oxygen atoms in total. The van der Waals surface area contributed by atoms with Gasteiger partial charge in [0.15, 0.2) is 0 Å². The van der Waals surface area contributed by atoms with Crippen molar-refractivity contribution in [1.82, 2.24) is 14.5 Å². The zero-order chi connectivity index (χ0) is 18.4. The van der Waals surface area contributed by atoms with Crippen molar-refractivity contribution in [2.75, 3.05) is 27.7 Å². The number of amides is 1. The van der Waals surface area contributed by atoms with Crippen molar-refractivity contribution in [1.29, 1.82) is 0 Å². The first-order valence-electron chi connectivity index (χ1n) is 7.78. The molecule has 0 saturated heterocycles. The summed E-state index contributed by atoms with van der Waals surface area (Å²) >= 11 is 1.14. The normalized spacial score (nSPS) is 11.9. The van der Waals surface area contributed by atoms with Gasteiger partial charge >= 0.3 is 0 Å². The molecule has 0 atom stereocenters. The average Bonchev–Trinajstić information content (AvgIpc) is 3.08. The summed E-state index contributed by atoms with van der Waals surface area (Å²) in [6.45, 7) is 0.935. The lowest BCUT2D eigenvalue weighted by molar-refractivity contribution is -0.121. The summed E-state index contributed by atoms with van der Waals surface area (Å²) in [7, 11) is 1.77. The molecule has 1 aromatic carbocycles. The van der Waals surface area contributed by atoms with Gasteiger partial charge in [-0.1, -0.05) is 30.3 Å². The second-order valence-corrected chi connectivity index (χ2v) is 9.20. The van der Waals surface area contributed by atoms with Crippen LogP contribution >= 0.6 is 11.3 Å². The third-order valence-corrected chi connectivity index (χ3v) is 6.78. The van der Waals surface area contributed by atoms with E-state index in [1.165, 1.54) is 13.1 Å². The molecular formula is C17H23N3O3S2. The van der Waals surface area contributed by atoms with E-state index in [0.29, 0.717) is 6.54 Å². The first kappa shape index (κ1) is 19.6. The van der Waals surface area contributed by atoms with Crippen molar-refractivity contribution in [3.63, 3.8) is 0 Å². The van der Waals surface area contributed by atoms with Crippen LogP contribution in [0.3, 0.4) is 0 Å². The third-order valence-electron chi connectivity index (χ3n) is 3.61. The summed E-state index contributed by atoms with van der Waals surface area (Å²) in [5.74, 6) is -0.331. The Hall–Kier alpha value is -1.74. The topological polar surface area (TPSA) is 69.7 Å². The van der Waals surface area contributed by atoms with Gasteiger partial charge in [-0.3, -0.25) is 4.79 Å². The van der Waals surface area contributed by atoms with Gasteiger partial charge in [-0.25, -0.2) is 8.42 Å².